The smallest absolute Gasteiger partial charge is 0.255 e. The topological polar surface area (TPSA) is 50.9 Å². The standard InChI is InChI=1S/C6H9F2N3S/c1-3-5(9)11-12-6(3)10-2-4(7)8/h4,10H,2H2,1H3,(H2,9,11). The zero-order valence-corrected chi connectivity index (χ0v) is 7.29. The monoisotopic (exact) mass is 193 g/mol. The van der Waals surface area contributed by atoms with E-state index >= 15 is 0 Å². The van der Waals surface area contributed by atoms with E-state index in [1.807, 2.05) is 0 Å². The van der Waals surface area contributed by atoms with Gasteiger partial charge in [-0.25, -0.2) is 8.78 Å². The van der Waals surface area contributed by atoms with Crippen LogP contribution in [0.2, 0.25) is 0 Å². The fourth-order valence-electron chi connectivity index (χ4n) is 0.683. The van der Waals surface area contributed by atoms with Crippen molar-refractivity contribution in [1.29, 1.82) is 0 Å². The third-order valence-corrected chi connectivity index (χ3v) is 2.30. The quantitative estimate of drug-likeness (QED) is 0.768. The molecule has 0 saturated carbocycles. The van der Waals surface area contributed by atoms with E-state index in [1.165, 1.54) is 0 Å². The Morgan fingerprint density at radius 3 is 2.75 bits per heavy atom. The molecule has 0 aliphatic heterocycles. The Hall–Kier alpha value is -0.910. The van der Waals surface area contributed by atoms with Crippen molar-refractivity contribution in [3.8, 4) is 0 Å². The first-order chi connectivity index (χ1) is 5.61. The lowest BCUT2D eigenvalue weighted by atomic mass is 10.3. The maximum atomic E-state index is 11.7. The summed E-state index contributed by atoms with van der Waals surface area (Å²) in [4.78, 5) is 0. The van der Waals surface area contributed by atoms with E-state index in [1.54, 1.807) is 6.92 Å². The lowest BCUT2D eigenvalue weighted by Gasteiger charge is -2.02. The van der Waals surface area contributed by atoms with Gasteiger partial charge in [-0.05, 0) is 18.5 Å². The summed E-state index contributed by atoms with van der Waals surface area (Å²) in [7, 11) is 0. The molecule has 0 aliphatic carbocycles. The minimum Gasteiger partial charge on any atom is -0.383 e. The normalized spacial score (nSPS) is 10.7. The Kier molecular flexibility index (Phi) is 2.80. The van der Waals surface area contributed by atoms with Gasteiger partial charge >= 0.3 is 0 Å². The Balaban J connectivity index is 2.58. The Morgan fingerprint density at radius 1 is 1.67 bits per heavy atom. The molecular formula is C6H9F2N3S. The molecule has 0 saturated heterocycles. The second-order valence-corrected chi connectivity index (χ2v) is 3.07. The van der Waals surface area contributed by atoms with Crippen LogP contribution < -0.4 is 11.1 Å². The van der Waals surface area contributed by atoms with Crippen LogP contribution in [0, 0.1) is 6.92 Å². The van der Waals surface area contributed by atoms with Gasteiger partial charge in [-0.15, -0.1) is 0 Å². The Morgan fingerprint density at radius 2 is 2.33 bits per heavy atom. The third-order valence-electron chi connectivity index (χ3n) is 1.38. The molecule has 0 aromatic carbocycles. The van der Waals surface area contributed by atoms with Crippen molar-refractivity contribution in [3.63, 3.8) is 0 Å². The van der Waals surface area contributed by atoms with Gasteiger partial charge in [-0.3, -0.25) is 0 Å². The van der Waals surface area contributed by atoms with Gasteiger partial charge in [0.25, 0.3) is 6.43 Å². The van der Waals surface area contributed by atoms with Crippen LogP contribution in [0.15, 0.2) is 0 Å². The number of nitrogens with one attached hydrogen (secondary N) is 1. The summed E-state index contributed by atoms with van der Waals surface area (Å²) < 4.78 is 27.3. The van der Waals surface area contributed by atoms with Crippen LogP contribution in [0.4, 0.5) is 19.6 Å². The van der Waals surface area contributed by atoms with E-state index < -0.39 is 6.43 Å². The average molecular weight is 193 g/mol. The summed E-state index contributed by atoms with van der Waals surface area (Å²) in [5.74, 6) is 0.400. The minimum atomic E-state index is -2.35. The summed E-state index contributed by atoms with van der Waals surface area (Å²) in [6, 6.07) is 0. The van der Waals surface area contributed by atoms with Crippen LogP contribution in [0.5, 0.6) is 0 Å². The highest BCUT2D eigenvalue weighted by molar-refractivity contribution is 7.10. The maximum absolute atomic E-state index is 11.7. The molecule has 0 bridgehead atoms. The van der Waals surface area contributed by atoms with E-state index in [4.69, 9.17) is 5.73 Å². The lowest BCUT2D eigenvalue weighted by molar-refractivity contribution is 0.163. The number of hydrogen-bond donors (Lipinski definition) is 2. The molecule has 0 unspecified atom stereocenters. The number of aromatic nitrogens is 1. The fraction of sp³-hybridized carbons (Fsp3) is 0.500. The molecular weight excluding hydrogens is 184 g/mol. The van der Waals surface area contributed by atoms with Crippen molar-refractivity contribution < 1.29 is 8.78 Å². The molecule has 0 atom stereocenters. The van der Waals surface area contributed by atoms with E-state index in [0.717, 1.165) is 17.1 Å². The average Bonchev–Trinajstić information content (AvgIpc) is 2.30. The minimum absolute atomic E-state index is 0.359. The maximum Gasteiger partial charge on any atom is 0.255 e. The molecule has 6 heteroatoms. The second-order valence-electron chi connectivity index (χ2n) is 2.29. The number of halogens is 2. The largest absolute Gasteiger partial charge is 0.383 e. The molecule has 0 amide bonds. The van der Waals surface area contributed by atoms with Crippen molar-refractivity contribution in [3.05, 3.63) is 5.56 Å². The van der Waals surface area contributed by atoms with Crippen LogP contribution in [0.1, 0.15) is 5.56 Å². The van der Waals surface area contributed by atoms with Crippen LogP contribution in [-0.4, -0.2) is 17.3 Å². The molecule has 0 fully saturated rings. The third kappa shape index (κ3) is 2.04. The van der Waals surface area contributed by atoms with E-state index in [2.05, 4.69) is 9.69 Å². The summed E-state index contributed by atoms with van der Waals surface area (Å²) in [6.07, 6.45) is -2.35. The molecule has 1 heterocycles. The molecule has 1 rings (SSSR count). The van der Waals surface area contributed by atoms with Gasteiger partial charge in [0.2, 0.25) is 0 Å². The predicted molar refractivity (Wildman–Crippen MR) is 45.8 cm³/mol. The zero-order valence-electron chi connectivity index (χ0n) is 6.47. The molecule has 0 radical (unpaired) electrons. The van der Waals surface area contributed by atoms with Crippen LogP contribution in [-0.2, 0) is 0 Å². The summed E-state index contributed by atoms with van der Waals surface area (Å²) in [5, 5.41) is 3.18. The van der Waals surface area contributed by atoms with Gasteiger partial charge in [0.1, 0.15) is 10.8 Å². The Labute approximate surface area is 72.7 Å². The number of nitrogen functional groups attached to an aromatic ring is 1. The first kappa shape index (κ1) is 9.18. The molecule has 68 valence electrons. The predicted octanol–water partition coefficient (Wildman–Crippen LogP) is 1.71. The molecule has 3 N–H and O–H groups in total. The molecule has 12 heavy (non-hydrogen) atoms. The zero-order chi connectivity index (χ0) is 9.14. The van der Waals surface area contributed by atoms with Crippen LogP contribution in [0.3, 0.4) is 0 Å². The van der Waals surface area contributed by atoms with Crippen LogP contribution in [0.25, 0.3) is 0 Å². The first-order valence-electron chi connectivity index (χ1n) is 3.35. The van der Waals surface area contributed by atoms with Crippen molar-refractivity contribution in [2.45, 2.75) is 13.3 Å². The molecule has 3 nitrogen and oxygen atoms in total. The number of nitrogens with two attached hydrogens (primary N) is 1. The number of anilines is 2. The van der Waals surface area contributed by atoms with E-state index in [9.17, 15) is 8.78 Å². The number of nitrogens with zero attached hydrogens (tertiary/aromatic N) is 1. The summed E-state index contributed by atoms with van der Waals surface area (Å²) in [6.45, 7) is 1.38. The molecule has 0 aliphatic rings. The van der Waals surface area contributed by atoms with Gasteiger partial charge < -0.3 is 11.1 Å². The van der Waals surface area contributed by atoms with Gasteiger partial charge in [-0.2, -0.15) is 4.37 Å². The SMILES string of the molecule is Cc1c(N)nsc1NCC(F)F. The number of hydrogen-bond acceptors (Lipinski definition) is 4. The molecule has 1 aromatic heterocycles. The van der Waals surface area contributed by atoms with E-state index in [0.29, 0.717) is 10.8 Å². The first-order valence-corrected chi connectivity index (χ1v) is 4.12. The summed E-state index contributed by atoms with van der Waals surface area (Å²) in [5.41, 5.74) is 6.16. The van der Waals surface area contributed by atoms with Crippen molar-refractivity contribution >= 4 is 22.4 Å². The number of alkyl halides is 2. The molecule has 0 spiro atoms. The van der Waals surface area contributed by atoms with Crippen LogP contribution >= 0.6 is 11.5 Å². The highest BCUT2D eigenvalue weighted by Gasteiger charge is 2.08. The highest BCUT2D eigenvalue weighted by Crippen LogP contribution is 2.25. The Bertz CT molecular complexity index is 261. The van der Waals surface area contributed by atoms with Gasteiger partial charge in [-0.1, -0.05) is 0 Å². The van der Waals surface area contributed by atoms with Crippen molar-refractivity contribution in [2.75, 3.05) is 17.6 Å². The van der Waals surface area contributed by atoms with Crippen molar-refractivity contribution in [1.82, 2.24) is 4.37 Å². The summed E-state index contributed by atoms with van der Waals surface area (Å²) >= 11 is 1.10. The number of rotatable bonds is 3. The molecule has 1 aromatic rings. The van der Waals surface area contributed by atoms with Gasteiger partial charge in [0.15, 0.2) is 0 Å². The lowest BCUT2D eigenvalue weighted by Crippen LogP contribution is -2.09. The van der Waals surface area contributed by atoms with Gasteiger partial charge in [0.05, 0.1) is 6.54 Å². The van der Waals surface area contributed by atoms with Crippen molar-refractivity contribution in [2.24, 2.45) is 0 Å². The highest BCUT2D eigenvalue weighted by atomic mass is 32.1. The van der Waals surface area contributed by atoms with Gasteiger partial charge in [0, 0.05) is 5.56 Å². The fourth-order valence-corrected chi connectivity index (χ4v) is 1.40. The second kappa shape index (κ2) is 3.66. The van der Waals surface area contributed by atoms with E-state index in [-0.39, 0.29) is 6.54 Å².